The SMILES string of the molecule is CCOc1cccc(CNCc2c(C)nn(-c3ccccc3)c2C)c1OC. The fraction of sp³-hybridized carbons (Fsp3) is 0.318. The number of para-hydroxylation sites is 2. The first kappa shape index (κ1) is 19.0. The van der Waals surface area contributed by atoms with Crippen LogP contribution in [0.25, 0.3) is 5.69 Å². The van der Waals surface area contributed by atoms with Crippen LogP contribution >= 0.6 is 0 Å². The van der Waals surface area contributed by atoms with E-state index in [1.165, 1.54) is 5.56 Å². The van der Waals surface area contributed by atoms with Crippen LogP contribution in [-0.2, 0) is 13.1 Å². The molecule has 3 aromatic rings. The molecular weight excluding hydrogens is 338 g/mol. The fourth-order valence-corrected chi connectivity index (χ4v) is 3.27. The van der Waals surface area contributed by atoms with Crippen molar-refractivity contribution in [3.63, 3.8) is 0 Å². The smallest absolute Gasteiger partial charge is 0.165 e. The minimum atomic E-state index is 0.615. The summed E-state index contributed by atoms with van der Waals surface area (Å²) in [5.74, 6) is 1.57. The van der Waals surface area contributed by atoms with Gasteiger partial charge >= 0.3 is 0 Å². The lowest BCUT2D eigenvalue weighted by atomic mass is 10.1. The average Bonchev–Trinajstić information content (AvgIpc) is 2.97. The summed E-state index contributed by atoms with van der Waals surface area (Å²) in [4.78, 5) is 0. The van der Waals surface area contributed by atoms with E-state index < -0.39 is 0 Å². The molecule has 5 nitrogen and oxygen atoms in total. The Morgan fingerprint density at radius 1 is 1.00 bits per heavy atom. The van der Waals surface area contributed by atoms with Gasteiger partial charge in [0.2, 0.25) is 0 Å². The maximum absolute atomic E-state index is 5.66. The number of aryl methyl sites for hydroxylation is 1. The Bertz CT molecular complexity index is 888. The fourth-order valence-electron chi connectivity index (χ4n) is 3.27. The standard InChI is InChI=1S/C22H27N3O2/c1-5-27-21-13-9-10-18(22(21)26-4)14-23-15-20-16(2)24-25(17(20)3)19-11-7-6-8-12-19/h6-13,23H,5,14-15H2,1-4H3. The summed E-state index contributed by atoms with van der Waals surface area (Å²) >= 11 is 0. The summed E-state index contributed by atoms with van der Waals surface area (Å²) in [7, 11) is 1.68. The maximum Gasteiger partial charge on any atom is 0.165 e. The summed E-state index contributed by atoms with van der Waals surface area (Å²) in [6, 6.07) is 16.2. The monoisotopic (exact) mass is 365 g/mol. The summed E-state index contributed by atoms with van der Waals surface area (Å²) in [6.45, 7) is 8.19. The van der Waals surface area contributed by atoms with Crippen LogP contribution in [0.15, 0.2) is 48.5 Å². The third kappa shape index (κ3) is 4.14. The van der Waals surface area contributed by atoms with Crippen LogP contribution in [0.4, 0.5) is 0 Å². The summed E-state index contributed by atoms with van der Waals surface area (Å²) in [5, 5.41) is 8.23. The second kappa shape index (κ2) is 8.73. The molecule has 0 atom stereocenters. The molecule has 0 aliphatic carbocycles. The quantitative estimate of drug-likeness (QED) is 0.650. The Morgan fingerprint density at radius 2 is 1.78 bits per heavy atom. The van der Waals surface area contributed by atoms with E-state index in [0.717, 1.165) is 40.7 Å². The molecule has 0 unspecified atom stereocenters. The highest BCUT2D eigenvalue weighted by Gasteiger charge is 2.14. The lowest BCUT2D eigenvalue weighted by molar-refractivity contribution is 0.308. The van der Waals surface area contributed by atoms with Gasteiger partial charge in [0.25, 0.3) is 0 Å². The molecule has 1 aromatic heterocycles. The van der Waals surface area contributed by atoms with Crippen LogP contribution in [0.3, 0.4) is 0 Å². The molecular formula is C22H27N3O2. The normalized spacial score (nSPS) is 10.8. The summed E-state index contributed by atoms with van der Waals surface area (Å²) in [6.07, 6.45) is 0. The average molecular weight is 365 g/mol. The van der Waals surface area contributed by atoms with Gasteiger partial charge in [-0.15, -0.1) is 0 Å². The number of rotatable bonds is 8. The number of hydrogen-bond donors (Lipinski definition) is 1. The van der Waals surface area contributed by atoms with Gasteiger partial charge in [-0.3, -0.25) is 0 Å². The van der Waals surface area contributed by atoms with E-state index >= 15 is 0 Å². The van der Waals surface area contributed by atoms with Crippen molar-refractivity contribution in [3.05, 3.63) is 71.0 Å². The van der Waals surface area contributed by atoms with Crippen molar-refractivity contribution in [1.29, 1.82) is 0 Å². The predicted molar refractivity (Wildman–Crippen MR) is 108 cm³/mol. The van der Waals surface area contributed by atoms with Crippen LogP contribution in [0.5, 0.6) is 11.5 Å². The number of hydrogen-bond acceptors (Lipinski definition) is 4. The van der Waals surface area contributed by atoms with Crippen molar-refractivity contribution in [2.75, 3.05) is 13.7 Å². The zero-order valence-corrected chi connectivity index (χ0v) is 16.5. The first-order valence-corrected chi connectivity index (χ1v) is 9.25. The van der Waals surface area contributed by atoms with Crippen LogP contribution in [0.1, 0.15) is 29.4 Å². The van der Waals surface area contributed by atoms with E-state index in [9.17, 15) is 0 Å². The highest BCUT2D eigenvalue weighted by atomic mass is 16.5. The van der Waals surface area contributed by atoms with E-state index in [0.29, 0.717) is 13.2 Å². The summed E-state index contributed by atoms with van der Waals surface area (Å²) in [5.41, 5.74) is 5.57. The molecule has 0 aliphatic heterocycles. The first-order valence-electron chi connectivity index (χ1n) is 9.25. The molecule has 1 N–H and O–H groups in total. The highest BCUT2D eigenvalue weighted by Crippen LogP contribution is 2.31. The molecule has 5 heteroatoms. The van der Waals surface area contributed by atoms with Crippen LogP contribution in [0.2, 0.25) is 0 Å². The van der Waals surface area contributed by atoms with Crippen molar-refractivity contribution < 1.29 is 9.47 Å². The molecule has 2 aromatic carbocycles. The Morgan fingerprint density at radius 3 is 2.48 bits per heavy atom. The van der Waals surface area contributed by atoms with Gasteiger partial charge in [0.15, 0.2) is 11.5 Å². The van der Waals surface area contributed by atoms with Crippen molar-refractivity contribution in [2.45, 2.75) is 33.9 Å². The van der Waals surface area contributed by atoms with Crippen molar-refractivity contribution in [2.24, 2.45) is 0 Å². The zero-order chi connectivity index (χ0) is 19.2. The van der Waals surface area contributed by atoms with E-state index in [2.05, 4.69) is 37.4 Å². The lowest BCUT2D eigenvalue weighted by Crippen LogP contribution is -2.15. The van der Waals surface area contributed by atoms with Crippen molar-refractivity contribution in [1.82, 2.24) is 15.1 Å². The second-order valence-electron chi connectivity index (χ2n) is 6.38. The number of benzene rings is 2. The highest BCUT2D eigenvalue weighted by molar-refractivity contribution is 5.46. The molecule has 0 saturated carbocycles. The number of ether oxygens (including phenoxy) is 2. The number of nitrogens with zero attached hydrogens (tertiary/aromatic N) is 2. The molecule has 0 saturated heterocycles. The Kier molecular flexibility index (Phi) is 6.14. The molecule has 142 valence electrons. The van der Waals surface area contributed by atoms with Gasteiger partial charge < -0.3 is 14.8 Å². The minimum Gasteiger partial charge on any atom is -0.493 e. The molecule has 0 amide bonds. The van der Waals surface area contributed by atoms with Gasteiger partial charge in [0, 0.05) is 29.9 Å². The van der Waals surface area contributed by atoms with Gasteiger partial charge in [0.1, 0.15) is 0 Å². The van der Waals surface area contributed by atoms with Crippen LogP contribution in [-0.4, -0.2) is 23.5 Å². The maximum atomic E-state index is 5.66. The van der Waals surface area contributed by atoms with E-state index in [4.69, 9.17) is 14.6 Å². The van der Waals surface area contributed by atoms with E-state index in [1.54, 1.807) is 7.11 Å². The Balaban J connectivity index is 1.73. The molecule has 0 aliphatic rings. The Labute approximate surface area is 160 Å². The third-order valence-corrected chi connectivity index (χ3v) is 4.62. The van der Waals surface area contributed by atoms with Crippen molar-refractivity contribution in [3.8, 4) is 17.2 Å². The summed E-state index contributed by atoms with van der Waals surface area (Å²) < 4.78 is 13.2. The Hall–Kier alpha value is -2.79. The topological polar surface area (TPSA) is 48.3 Å². The van der Waals surface area contributed by atoms with Gasteiger partial charge in [-0.05, 0) is 39.0 Å². The van der Waals surface area contributed by atoms with Gasteiger partial charge in [-0.1, -0.05) is 30.3 Å². The number of nitrogens with one attached hydrogen (secondary N) is 1. The second-order valence-corrected chi connectivity index (χ2v) is 6.38. The molecule has 0 spiro atoms. The van der Waals surface area contributed by atoms with E-state index in [-0.39, 0.29) is 0 Å². The molecule has 3 rings (SSSR count). The van der Waals surface area contributed by atoms with Crippen molar-refractivity contribution >= 4 is 0 Å². The van der Waals surface area contributed by atoms with E-state index in [1.807, 2.05) is 41.9 Å². The predicted octanol–water partition coefficient (Wildman–Crippen LogP) is 4.19. The van der Waals surface area contributed by atoms with Crippen LogP contribution < -0.4 is 14.8 Å². The number of aromatic nitrogens is 2. The molecule has 1 heterocycles. The van der Waals surface area contributed by atoms with Gasteiger partial charge in [0.05, 0.1) is 25.1 Å². The molecule has 27 heavy (non-hydrogen) atoms. The molecule has 0 fully saturated rings. The first-order chi connectivity index (χ1) is 13.2. The molecule has 0 bridgehead atoms. The third-order valence-electron chi connectivity index (χ3n) is 4.62. The zero-order valence-electron chi connectivity index (χ0n) is 16.5. The lowest BCUT2D eigenvalue weighted by Gasteiger charge is -2.14. The number of methoxy groups -OCH3 is 1. The largest absolute Gasteiger partial charge is 0.493 e. The van der Waals surface area contributed by atoms with Crippen LogP contribution in [0, 0.1) is 13.8 Å². The molecule has 0 radical (unpaired) electrons. The van der Waals surface area contributed by atoms with Gasteiger partial charge in [-0.25, -0.2) is 4.68 Å². The minimum absolute atomic E-state index is 0.615. The van der Waals surface area contributed by atoms with Gasteiger partial charge in [-0.2, -0.15) is 5.10 Å².